The second kappa shape index (κ2) is 10.1. The zero-order chi connectivity index (χ0) is 30.4. The third kappa shape index (κ3) is 5.82. The summed E-state index contributed by atoms with van der Waals surface area (Å²) in [6, 6.07) is 7.25. The van der Waals surface area contributed by atoms with Gasteiger partial charge in [-0.1, -0.05) is 12.1 Å². The number of benzene rings is 2. The predicted molar refractivity (Wildman–Crippen MR) is 131 cm³/mol. The number of nitrogens with one attached hydrogen (secondary N) is 3. The van der Waals surface area contributed by atoms with Crippen LogP contribution >= 0.6 is 0 Å². The number of carbonyl (C=O) groups excluding carboxylic acids is 2. The van der Waals surface area contributed by atoms with E-state index >= 15 is 0 Å². The van der Waals surface area contributed by atoms with Crippen LogP contribution in [0.5, 0.6) is 5.75 Å². The minimum Gasteiger partial charge on any atom is -0.409 e. The highest BCUT2D eigenvalue weighted by atomic mass is 19.4. The largest absolute Gasteiger partial charge is 0.540 e. The third-order valence-electron chi connectivity index (χ3n) is 5.75. The highest BCUT2D eigenvalue weighted by molar-refractivity contribution is 6.07. The average Bonchev–Trinajstić information content (AvgIpc) is 3.28. The van der Waals surface area contributed by atoms with Gasteiger partial charge in [0.25, 0.3) is 5.91 Å². The van der Waals surface area contributed by atoms with Gasteiger partial charge in [0.05, 0.1) is 11.1 Å². The number of hydrogen-bond acceptors (Lipinski definition) is 7. The summed E-state index contributed by atoms with van der Waals surface area (Å²) >= 11 is 0. The summed E-state index contributed by atoms with van der Waals surface area (Å²) in [5.74, 6) is -1.95. The molecule has 5 N–H and O–H groups in total. The van der Waals surface area contributed by atoms with Crippen LogP contribution in [0.25, 0.3) is 16.6 Å². The van der Waals surface area contributed by atoms with E-state index in [-0.39, 0.29) is 33.8 Å². The van der Waals surface area contributed by atoms with Crippen LogP contribution in [0.4, 0.5) is 52.7 Å². The molecule has 0 saturated heterocycles. The fourth-order valence-electron chi connectivity index (χ4n) is 4.07. The van der Waals surface area contributed by atoms with Crippen molar-refractivity contribution in [3.8, 4) is 16.9 Å². The second-order valence-corrected chi connectivity index (χ2v) is 8.71. The summed E-state index contributed by atoms with van der Waals surface area (Å²) in [6.07, 6.45) is -11.3. The van der Waals surface area contributed by atoms with E-state index in [1.807, 2.05) is 0 Å². The number of nitrogens with zero attached hydrogens (tertiary/aromatic N) is 3. The molecule has 0 unspecified atom stereocenters. The highest BCUT2D eigenvalue weighted by Crippen LogP contribution is 2.47. The lowest BCUT2D eigenvalue weighted by molar-refractivity contribution is -0.461. The SMILES string of the molecule is Nc1ncnn2cc(C(=O)NCC(F)(F)F)c(-c3ccc(NC(=O)Nc4ccc5c(c4)C(F)(F)OC(F)(F)O5)cc3)c12. The fraction of sp³-hybridized carbons (Fsp3) is 0.167. The monoisotopic (exact) mass is 599 g/mol. The maximum atomic E-state index is 14.0. The molecule has 4 aromatic rings. The zero-order valence-electron chi connectivity index (χ0n) is 20.6. The minimum absolute atomic E-state index is 0.0633. The molecule has 0 fully saturated rings. The van der Waals surface area contributed by atoms with E-state index < -0.39 is 48.4 Å². The number of nitrogens with two attached hydrogens (primary N) is 1. The Hall–Kier alpha value is -5.13. The van der Waals surface area contributed by atoms with E-state index in [1.165, 1.54) is 35.0 Å². The van der Waals surface area contributed by atoms with E-state index in [2.05, 4.69) is 30.2 Å². The van der Waals surface area contributed by atoms with Crippen LogP contribution in [0.3, 0.4) is 0 Å². The van der Waals surface area contributed by atoms with Crippen LogP contribution in [0.1, 0.15) is 15.9 Å². The van der Waals surface area contributed by atoms with Crippen molar-refractivity contribution in [2.75, 3.05) is 22.9 Å². The number of anilines is 3. The number of carbonyl (C=O) groups is 2. The third-order valence-corrected chi connectivity index (χ3v) is 5.75. The summed E-state index contributed by atoms with van der Waals surface area (Å²) in [5, 5.41) is 10.4. The topological polar surface area (TPSA) is 145 Å². The summed E-state index contributed by atoms with van der Waals surface area (Å²) in [4.78, 5) is 29.0. The van der Waals surface area contributed by atoms with Crippen LogP contribution < -0.4 is 26.4 Å². The molecule has 0 saturated carbocycles. The van der Waals surface area contributed by atoms with Gasteiger partial charge in [0.15, 0.2) is 5.82 Å². The van der Waals surface area contributed by atoms with Gasteiger partial charge in [-0.05, 0) is 35.9 Å². The van der Waals surface area contributed by atoms with Crippen molar-refractivity contribution in [1.29, 1.82) is 0 Å². The van der Waals surface area contributed by atoms with Crippen LogP contribution in [0, 0.1) is 0 Å². The molecule has 2 aromatic heterocycles. The lowest BCUT2D eigenvalue weighted by atomic mass is 10.0. The Morgan fingerprint density at radius 1 is 1.00 bits per heavy atom. The number of ether oxygens (including phenoxy) is 2. The summed E-state index contributed by atoms with van der Waals surface area (Å²) < 4.78 is 101. The van der Waals surface area contributed by atoms with Crippen LogP contribution in [-0.2, 0) is 10.8 Å². The van der Waals surface area contributed by atoms with E-state index in [1.54, 1.807) is 5.32 Å². The minimum atomic E-state index is -4.65. The number of urea groups is 1. The maximum Gasteiger partial charge on any atom is 0.540 e. The number of amides is 3. The van der Waals surface area contributed by atoms with Crippen molar-refractivity contribution in [2.24, 2.45) is 0 Å². The molecular weight excluding hydrogens is 583 g/mol. The molecule has 2 aromatic carbocycles. The van der Waals surface area contributed by atoms with Gasteiger partial charge in [0, 0.05) is 23.1 Å². The van der Waals surface area contributed by atoms with E-state index in [4.69, 9.17) is 5.73 Å². The quantitative estimate of drug-likeness (QED) is 0.238. The number of aromatic nitrogens is 3. The summed E-state index contributed by atoms with van der Waals surface area (Å²) in [6.45, 7) is -1.58. The normalized spacial score (nSPS) is 15.4. The fourth-order valence-corrected chi connectivity index (χ4v) is 4.07. The molecule has 11 nitrogen and oxygen atoms in total. The number of hydrogen-bond donors (Lipinski definition) is 4. The van der Waals surface area contributed by atoms with Crippen molar-refractivity contribution in [1.82, 2.24) is 19.9 Å². The second-order valence-electron chi connectivity index (χ2n) is 8.71. The van der Waals surface area contributed by atoms with Crippen LogP contribution in [-0.4, -0.2) is 45.6 Å². The van der Waals surface area contributed by atoms with Crippen molar-refractivity contribution < 1.29 is 49.8 Å². The van der Waals surface area contributed by atoms with Crippen molar-refractivity contribution in [3.05, 3.63) is 66.1 Å². The molecule has 0 spiro atoms. The molecule has 42 heavy (non-hydrogen) atoms. The molecule has 0 bridgehead atoms. The first-order chi connectivity index (χ1) is 19.6. The lowest BCUT2D eigenvalue weighted by Gasteiger charge is -2.30. The molecule has 1 aliphatic heterocycles. The molecule has 3 amide bonds. The zero-order valence-corrected chi connectivity index (χ0v) is 20.6. The molecule has 0 aliphatic carbocycles. The predicted octanol–water partition coefficient (Wildman–Crippen LogP) is 4.92. The lowest BCUT2D eigenvalue weighted by Crippen LogP contribution is -2.41. The number of alkyl halides is 7. The van der Waals surface area contributed by atoms with Crippen molar-refractivity contribution >= 4 is 34.6 Å². The number of halogens is 7. The standard InChI is InChI=1S/C24H16F7N7O4/c25-22(26,27)9-33-20(39)14-8-38-18(19(32)34-10-35-38)17(14)11-1-3-12(4-2-11)36-21(40)37-13-5-6-16-15(7-13)23(28,29)42-24(30,31)41-16/h1-8,10H,9H2,(H,33,39)(H2,32,34,35)(H2,36,37,40). The van der Waals surface area contributed by atoms with E-state index in [0.29, 0.717) is 11.6 Å². The molecule has 0 atom stereocenters. The van der Waals surface area contributed by atoms with Gasteiger partial charge in [-0.3, -0.25) is 4.79 Å². The Morgan fingerprint density at radius 2 is 1.67 bits per heavy atom. The molecule has 5 rings (SSSR count). The number of rotatable bonds is 5. The Kier molecular flexibility index (Phi) is 6.80. The highest BCUT2D eigenvalue weighted by Gasteiger charge is 2.54. The summed E-state index contributed by atoms with van der Waals surface area (Å²) in [5.41, 5.74) is 5.26. The van der Waals surface area contributed by atoms with E-state index in [9.17, 15) is 40.3 Å². The Bertz CT molecular complexity index is 1690. The van der Waals surface area contributed by atoms with Gasteiger partial charge in [-0.2, -0.15) is 27.1 Å². The summed E-state index contributed by atoms with van der Waals surface area (Å²) in [7, 11) is 0. The van der Waals surface area contributed by atoms with Gasteiger partial charge >= 0.3 is 24.6 Å². The Morgan fingerprint density at radius 3 is 2.36 bits per heavy atom. The van der Waals surface area contributed by atoms with Gasteiger partial charge in [-0.25, -0.2) is 19.0 Å². The maximum absolute atomic E-state index is 14.0. The first-order valence-corrected chi connectivity index (χ1v) is 11.6. The van der Waals surface area contributed by atoms with Crippen LogP contribution in [0.2, 0.25) is 0 Å². The molecule has 18 heteroatoms. The van der Waals surface area contributed by atoms with Crippen LogP contribution in [0.15, 0.2) is 55.0 Å². The molecule has 1 aliphatic rings. The van der Waals surface area contributed by atoms with E-state index in [0.717, 1.165) is 18.5 Å². The number of nitrogen functional groups attached to an aromatic ring is 1. The van der Waals surface area contributed by atoms with Crippen molar-refractivity contribution in [3.63, 3.8) is 0 Å². The number of fused-ring (bicyclic) bond motifs is 2. The first-order valence-electron chi connectivity index (χ1n) is 11.6. The van der Waals surface area contributed by atoms with Crippen molar-refractivity contribution in [2.45, 2.75) is 18.6 Å². The first kappa shape index (κ1) is 28.4. The van der Waals surface area contributed by atoms with Gasteiger partial charge in [0.2, 0.25) is 0 Å². The molecular formula is C24H16F7N7O4. The Balaban J connectivity index is 1.35. The molecule has 220 valence electrons. The molecule has 0 radical (unpaired) electrons. The average molecular weight is 599 g/mol. The molecule has 3 heterocycles. The van der Waals surface area contributed by atoms with Gasteiger partial charge < -0.3 is 26.4 Å². The van der Waals surface area contributed by atoms with Gasteiger partial charge in [-0.15, -0.1) is 8.78 Å². The Labute approximate surface area is 229 Å². The van der Waals surface area contributed by atoms with Gasteiger partial charge in [0.1, 0.15) is 24.1 Å². The smallest absolute Gasteiger partial charge is 0.409 e.